The summed E-state index contributed by atoms with van der Waals surface area (Å²) < 4.78 is 5.70. The van der Waals surface area contributed by atoms with Crippen molar-refractivity contribution in [3.05, 3.63) is 23.8 Å². The predicted molar refractivity (Wildman–Crippen MR) is 85.3 cm³/mol. The minimum absolute atomic E-state index is 0.0143. The molecule has 3 atom stereocenters. The molecule has 1 fully saturated rings. The molecule has 0 bridgehead atoms. The third kappa shape index (κ3) is 3.95. The van der Waals surface area contributed by atoms with Crippen molar-refractivity contribution in [2.24, 2.45) is 0 Å². The van der Waals surface area contributed by atoms with Gasteiger partial charge in [0.2, 0.25) is 5.91 Å². The minimum atomic E-state index is -0.193. The number of rotatable bonds is 3. The summed E-state index contributed by atoms with van der Waals surface area (Å²) in [5.41, 5.74) is 8.31. The molecule has 116 valence electrons. The van der Waals surface area contributed by atoms with Crippen LogP contribution in [-0.2, 0) is 9.53 Å². The van der Waals surface area contributed by atoms with Crippen LogP contribution in [0.2, 0.25) is 0 Å². The van der Waals surface area contributed by atoms with E-state index in [4.69, 9.17) is 10.5 Å². The van der Waals surface area contributed by atoms with E-state index in [1.54, 1.807) is 6.07 Å². The van der Waals surface area contributed by atoms with E-state index in [0.717, 1.165) is 24.3 Å². The molecule has 1 aromatic carbocycles. The molecule has 5 nitrogen and oxygen atoms in total. The summed E-state index contributed by atoms with van der Waals surface area (Å²) in [6.07, 6.45) is 0.304. The Morgan fingerprint density at radius 1 is 1.38 bits per heavy atom. The van der Waals surface area contributed by atoms with Gasteiger partial charge in [0.25, 0.3) is 0 Å². The van der Waals surface area contributed by atoms with Crippen molar-refractivity contribution in [1.82, 2.24) is 4.90 Å². The third-order valence-corrected chi connectivity index (χ3v) is 3.92. The molecule has 0 aromatic heterocycles. The maximum absolute atomic E-state index is 12.4. The summed E-state index contributed by atoms with van der Waals surface area (Å²) in [5, 5.41) is 2.94. The number of hydrogen-bond donors (Lipinski definition) is 2. The number of aryl methyl sites for hydroxylation is 1. The van der Waals surface area contributed by atoms with Crippen LogP contribution in [0.3, 0.4) is 0 Å². The Morgan fingerprint density at radius 2 is 2.00 bits per heavy atom. The van der Waals surface area contributed by atoms with E-state index in [0.29, 0.717) is 5.69 Å². The summed E-state index contributed by atoms with van der Waals surface area (Å²) in [4.78, 5) is 14.5. The Balaban J connectivity index is 2.00. The van der Waals surface area contributed by atoms with Crippen LogP contribution < -0.4 is 11.1 Å². The first-order chi connectivity index (χ1) is 9.86. The molecule has 21 heavy (non-hydrogen) atoms. The Labute approximate surface area is 126 Å². The van der Waals surface area contributed by atoms with Crippen molar-refractivity contribution < 1.29 is 9.53 Å². The number of hydrogen-bond acceptors (Lipinski definition) is 4. The van der Waals surface area contributed by atoms with Crippen LogP contribution in [0.1, 0.15) is 26.3 Å². The summed E-state index contributed by atoms with van der Waals surface area (Å²) in [6, 6.07) is 5.39. The van der Waals surface area contributed by atoms with E-state index >= 15 is 0 Å². The van der Waals surface area contributed by atoms with Crippen molar-refractivity contribution in [1.29, 1.82) is 0 Å². The Hall–Kier alpha value is -1.59. The maximum Gasteiger partial charge on any atom is 0.241 e. The fourth-order valence-corrected chi connectivity index (χ4v) is 2.66. The summed E-state index contributed by atoms with van der Waals surface area (Å²) in [6.45, 7) is 9.49. The number of amides is 1. The number of nitrogens with two attached hydrogens (primary N) is 1. The maximum atomic E-state index is 12.4. The van der Waals surface area contributed by atoms with Gasteiger partial charge in [-0.1, -0.05) is 6.07 Å². The number of morpholine rings is 1. The SMILES string of the molecule is Cc1ccc(NC(=O)C(C)N2CC(C)OC(C)C2)cc1N. The smallest absolute Gasteiger partial charge is 0.241 e. The van der Waals surface area contributed by atoms with Gasteiger partial charge < -0.3 is 15.8 Å². The van der Waals surface area contributed by atoms with E-state index in [1.165, 1.54) is 0 Å². The number of nitrogen functional groups attached to an aromatic ring is 1. The Kier molecular flexibility index (Phi) is 4.85. The van der Waals surface area contributed by atoms with Gasteiger partial charge in [0, 0.05) is 24.5 Å². The number of anilines is 2. The summed E-state index contributed by atoms with van der Waals surface area (Å²) in [7, 11) is 0. The van der Waals surface area contributed by atoms with Crippen LogP contribution in [-0.4, -0.2) is 42.1 Å². The summed E-state index contributed by atoms with van der Waals surface area (Å²) in [5.74, 6) is -0.0143. The van der Waals surface area contributed by atoms with Crippen LogP contribution in [0.5, 0.6) is 0 Å². The quantitative estimate of drug-likeness (QED) is 0.836. The normalized spacial score (nSPS) is 24.6. The van der Waals surface area contributed by atoms with Gasteiger partial charge in [-0.25, -0.2) is 0 Å². The first kappa shape index (κ1) is 15.8. The molecule has 0 spiro atoms. The lowest BCUT2D eigenvalue weighted by Crippen LogP contribution is -2.52. The van der Waals surface area contributed by atoms with Crippen LogP contribution in [0.4, 0.5) is 11.4 Å². The highest BCUT2D eigenvalue weighted by molar-refractivity contribution is 5.95. The fraction of sp³-hybridized carbons (Fsp3) is 0.562. The highest BCUT2D eigenvalue weighted by Crippen LogP contribution is 2.18. The van der Waals surface area contributed by atoms with Crippen molar-refractivity contribution >= 4 is 17.3 Å². The first-order valence-corrected chi connectivity index (χ1v) is 7.43. The van der Waals surface area contributed by atoms with Gasteiger partial charge in [-0.3, -0.25) is 9.69 Å². The molecule has 1 aromatic rings. The molecule has 5 heteroatoms. The number of carbonyl (C=O) groups is 1. The van der Waals surface area contributed by atoms with Gasteiger partial charge in [-0.15, -0.1) is 0 Å². The average molecular weight is 291 g/mol. The topological polar surface area (TPSA) is 67.6 Å². The fourth-order valence-electron chi connectivity index (χ4n) is 2.66. The molecule has 0 aliphatic carbocycles. The molecule has 1 aliphatic heterocycles. The van der Waals surface area contributed by atoms with Crippen molar-refractivity contribution in [2.45, 2.75) is 45.9 Å². The predicted octanol–water partition coefficient (Wildman–Crippen LogP) is 2.01. The lowest BCUT2D eigenvalue weighted by atomic mass is 10.1. The molecule has 3 N–H and O–H groups in total. The monoisotopic (exact) mass is 291 g/mol. The van der Waals surface area contributed by atoms with E-state index in [1.807, 2.05) is 39.8 Å². The molecule has 1 heterocycles. The number of benzene rings is 1. The van der Waals surface area contributed by atoms with Gasteiger partial charge in [0.05, 0.1) is 18.2 Å². The van der Waals surface area contributed by atoms with Crippen LogP contribution in [0, 0.1) is 6.92 Å². The van der Waals surface area contributed by atoms with Gasteiger partial charge in [-0.05, 0) is 45.4 Å². The molecule has 0 radical (unpaired) electrons. The summed E-state index contributed by atoms with van der Waals surface area (Å²) >= 11 is 0. The lowest BCUT2D eigenvalue weighted by Gasteiger charge is -2.38. The second-order valence-electron chi connectivity index (χ2n) is 5.95. The van der Waals surface area contributed by atoms with E-state index in [9.17, 15) is 4.79 Å². The standard InChI is InChI=1S/C16H25N3O2/c1-10-5-6-14(7-15(10)17)18-16(20)13(4)19-8-11(2)21-12(3)9-19/h5-7,11-13H,8-9,17H2,1-4H3,(H,18,20). The molecular formula is C16H25N3O2. The number of carbonyl (C=O) groups excluding carboxylic acids is 1. The molecule has 3 unspecified atom stereocenters. The van der Waals surface area contributed by atoms with E-state index < -0.39 is 0 Å². The van der Waals surface area contributed by atoms with Gasteiger partial charge in [0.1, 0.15) is 0 Å². The minimum Gasteiger partial charge on any atom is -0.398 e. The molecule has 1 saturated heterocycles. The zero-order valence-electron chi connectivity index (χ0n) is 13.2. The van der Waals surface area contributed by atoms with Gasteiger partial charge in [0.15, 0.2) is 0 Å². The molecule has 1 amide bonds. The Bertz CT molecular complexity index is 508. The molecule has 0 saturated carbocycles. The number of ether oxygens (including phenoxy) is 1. The van der Waals surface area contributed by atoms with Gasteiger partial charge >= 0.3 is 0 Å². The first-order valence-electron chi connectivity index (χ1n) is 7.43. The van der Waals surface area contributed by atoms with Crippen LogP contribution in [0.15, 0.2) is 18.2 Å². The van der Waals surface area contributed by atoms with Crippen molar-refractivity contribution in [3.8, 4) is 0 Å². The second-order valence-corrected chi connectivity index (χ2v) is 5.95. The van der Waals surface area contributed by atoms with Crippen LogP contribution >= 0.6 is 0 Å². The lowest BCUT2D eigenvalue weighted by molar-refractivity contribution is -0.126. The largest absolute Gasteiger partial charge is 0.398 e. The average Bonchev–Trinajstić information content (AvgIpc) is 2.41. The van der Waals surface area contributed by atoms with E-state index in [2.05, 4.69) is 10.2 Å². The molecular weight excluding hydrogens is 266 g/mol. The zero-order valence-corrected chi connectivity index (χ0v) is 13.2. The van der Waals surface area contributed by atoms with Crippen LogP contribution in [0.25, 0.3) is 0 Å². The van der Waals surface area contributed by atoms with E-state index in [-0.39, 0.29) is 24.2 Å². The highest BCUT2D eigenvalue weighted by Gasteiger charge is 2.29. The highest BCUT2D eigenvalue weighted by atomic mass is 16.5. The third-order valence-electron chi connectivity index (χ3n) is 3.92. The number of nitrogens with zero attached hydrogens (tertiary/aromatic N) is 1. The number of nitrogens with one attached hydrogen (secondary N) is 1. The van der Waals surface area contributed by atoms with Gasteiger partial charge in [-0.2, -0.15) is 0 Å². The van der Waals surface area contributed by atoms with Crippen molar-refractivity contribution in [3.63, 3.8) is 0 Å². The molecule has 2 rings (SSSR count). The molecule has 1 aliphatic rings. The Morgan fingerprint density at radius 3 is 2.57 bits per heavy atom. The van der Waals surface area contributed by atoms with Crippen molar-refractivity contribution in [2.75, 3.05) is 24.1 Å². The zero-order chi connectivity index (χ0) is 15.6. The second kappa shape index (κ2) is 6.45.